The molecule has 1 unspecified atom stereocenters. The summed E-state index contributed by atoms with van der Waals surface area (Å²) < 4.78 is 1.69. The second kappa shape index (κ2) is 5.75. The largest absolute Gasteiger partial charge is 0.481 e. The number of hydrogen-bond donors (Lipinski definition) is 1. The summed E-state index contributed by atoms with van der Waals surface area (Å²) in [6.45, 7) is 3.04. The van der Waals surface area contributed by atoms with Crippen LogP contribution in [-0.4, -0.2) is 56.8 Å². The zero-order valence-electron chi connectivity index (χ0n) is 12.7. The van der Waals surface area contributed by atoms with E-state index in [1.165, 1.54) is 0 Å². The summed E-state index contributed by atoms with van der Waals surface area (Å²) >= 11 is 0. The van der Waals surface area contributed by atoms with Crippen molar-refractivity contribution in [2.45, 2.75) is 26.3 Å². The van der Waals surface area contributed by atoms with E-state index < -0.39 is 11.4 Å². The minimum atomic E-state index is -0.844. The maximum Gasteiger partial charge on any atom is 0.320 e. The molecule has 7 heteroatoms. The van der Waals surface area contributed by atoms with Crippen LogP contribution in [0.25, 0.3) is 0 Å². The van der Waals surface area contributed by atoms with Crippen LogP contribution in [0.4, 0.5) is 4.79 Å². The highest BCUT2D eigenvalue weighted by Gasteiger charge is 2.39. The van der Waals surface area contributed by atoms with Crippen molar-refractivity contribution < 1.29 is 14.7 Å². The molecule has 1 N–H and O–H groups in total. The van der Waals surface area contributed by atoms with Gasteiger partial charge in [-0.25, -0.2) is 4.79 Å². The van der Waals surface area contributed by atoms with E-state index >= 15 is 0 Å². The van der Waals surface area contributed by atoms with Crippen LogP contribution in [0.1, 0.15) is 25.3 Å². The third kappa shape index (κ3) is 3.34. The number of hydrogen-bond acceptors (Lipinski definition) is 3. The van der Waals surface area contributed by atoms with Gasteiger partial charge in [0, 0.05) is 38.9 Å². The number of likely N-dealkylation sites (tertiary alicyclic amines) is 1. The molecule has 7 nitrogen and oxygen atoms in total. The van der Waals surface area contributed by atoms with Gasteiger partial charge in [0.05, 0.1) is 18.2 Å². The number of carbonyl (C=O) groups excluding carboxylic acids is 1. The van der Waals surface area contributed by atoms with Gasteiger partial charge >= 0.3 is 12.0 Å². The topological polar surface area (TPSA) is 78.7 Å². The van der Waals surface area contributed by atoms with Crippen LogP contribution in [0.5, 0.6) is 0 Å². The van der Waals surface area contributed by atoms with E-state index in [1.54, 1.807) is 34.6 Å². The van der Waals surface area contributed by atoms with Gasteiger partial charge in [-0.05, 0) is 19.8 Å². The molecule has 0 aliphatic carbocycles. The van der Waals surface area contributed by atoms with Crippen LogP contribution in [0.15, 0.2) is 12.4 Å². The molecule has 0 radical (unpaired) electrons. The molecule has 1 aromatic rings. The summed E-state index contributed by atoms with van der Waals surface area (Å²) in [7, 11) is 3.55. The fraction of sp³-hybridized carbons (Fsp3) is 0.643. The Kier molecular flexibility index (Phi) is 4.20. The number of carboxylic acids is 1. The first-order valence-corrected chi connectivity index (χ1v) is 7.03. The molecule has 116 valence electrons. The lowest BCUT2D eigenvalue weighted by Crippen LogP contribution is -2.51. The van der Waals surface area contributed by atoms with E-state index in [0.29, 0.717) is 19.5 Å². The predicted octanol–water partition coefficient (Wildman–Crippen LogP) is 1.16. The monoisotopic (exact) mass is 294 g/mol. The zero-order chi connectivity index (χ0) is 15.6. The lowest BCUT2D eigenvalue weighted by molar-refractivity contribution is -0.150. The Morgan fingerprint density at radius 2 is 2.24 bits per heavy atom. The van der Waals surface area contributed by atoms with Gasteiger partial charge in [-0.15, -0.1) is 0 Å². The summed E-state index contributed by atoms with van der Waals surface area (Å²) in [6, 6.07) is -0.133. The number of piperidine rings is 1. The fourth-order valence-corrected chi connectivity index (χ4v) is 2.71. The molecular formula is C14H22N4O3. The maximum absolute atomic E-state index is 12.5. The number of carboxylic acid groups (broad SMARTS) is 1. The van der Waals surface area contributed by atoms with E-state index in [2.05, 4.69) is 5.10 Å². The smallest absolute Gasteiger partial charge is 0.320 e. The molecule has 0 bridgehead atoms. The minimum absolute atomic E-state index is 0.133. The summed E-state index contributed by atoms with van der Waals surface area (Å²) in [6.07, 6.45) is 4.91. The molecule has 0 spiro atoms. The van der Waals surface area contributed by atoms with Gasteiger partial charge in [-0.2, -0.15) is 5.10 Å². The van der Waals surface area contributed by atoms with Crippen LogP contribution in [-0.2, 0) is 18.4 Å². The highest BCUT2D eigenvalue weighted by Crippen LogP contribution is 2.30. The van der Waals surface area contributed by atoms with Crippen molar-refractivity contribution in [3.63, 3.8) is 0 Å². The normalized spacial score (nSPS) is 22.1. The van der Waals surface area contributed by atoms with E-state index in [4.69, 9.17) is 0 Å². The summed E-state index contributed by atoms with van der Waals surface area (Å²) in [5.41, 5.74) is 0.106. The van der Waals surface area contributed by atoms with Crippen LogP contribution >= 0.6 is 0 Å². The molecule has 0 aromatic carbocycles. The molecule has 1 aromatic heterocycles. The molecule has 2 heterocycles. The van der Waals surface area contributed by atoms with Crippen molar-refractivity contribution in [2.75, 3.05) is 20.1 Å². The first-order valence-electron chi connectivity index (χ1n) is 7.03. The highest BCUT2D eigenvalue weighted by atomic mass is 16.4. The summed E-state index contributed by atoms with van der Waals surface area (Å²) in [5, 5.41) is 13.4. The second-order valence-electron chi connectivity index (χ2n) is 6.05. The third-order valence-corrected chi connectivity index (χ3v) is 3.99. The Labute approximate surface area is 124 Å². The molecule has 21 heavy (non-hydrogen) atoms. The van der Waals surface area contributed by atoms with E-state index in [-0.39, 0.29) is 12.6 Å². The van der Waals surface area contributed by atoms with Gasteiger partial charge in [0.1, 0.15) is 0 Å². The maximum atomic E-state index is 12.5. The summed E-state index contributed by atoms with van der Waals surface area (Å²) in [5.74, 6) is -0.838. The number of amides is 2. The molecule has 1 saturated heterocycles. The first-order chi connectivity index (χ1) is 9.82. The number of nitrogens with zero attached hydrogens (tertiary/aromatic N) is 4. The van der Waals surface area contributed by atoms with Crippen LogP contribution in [0.3, 0.4) is 0 Å². The van der Waals surface area contributed by atoms with Crippen molar-refractivity contribution >= 4 is 12.0 Å². The van der Waals surface area contributed by atoms with E-state index in [0.717, 1.165) is 12.0 Å². The Bertz CT molecular complexity index is 542. The number of carbonyl (C=O) groups is 2. The molecule has 2 rings (SSSR count). The molecule has 1 atom stereocenters. The van der Waals surface area contributed by atoms with Crippen molar-refractivity contribution in [1.29, 1.82) is 0 Å². The first kappa shape index (κ1) is 15.3. The van der Waals surface area contributed by atoms with Crippen LogP contribution in [0.2, 0.25) is 0 Å². The van der Waals surface area contributed by atoms with E-state index in [1.807, 2.05) is 13.2 Å². The van der Waals surface area contributed by atoms with Crippen LogP contribution < -0.4 is 0 Å². The van der Waals surface area contributed by atoms with Gasteiger partial charge in [0.2, 0.25) is 0 Å². The van der Waals surface area contributed by atoms with Crippen LogP contribution in [0, 0.1) is 5.41 Å². The number of urea groups is 1. The fourth-order valence-electron chi connectivity index (χ4n) is 2.71. The Morgan fingerprint density at radius 1 is 1.52 bits per heavy atom. The van der Waals surface area contributed by atoms with Crippen molar-refractivity contribution in [3.8, 4) is 0 Å². The molecule has 1 aliphatic rings. The van der Waals surface area contributed by atoms with Gasteiger partial charge < -0.3 is 14.9 Å². The van der Waals surface area contributed by atoms with Crippen molar-refractivity contribution in [2.24, 2.45) is 12.5 Å². The highest BCUT2D eigenvalue weighted by molar-refractivity contribution is 5.78. The van der Waals surface area contributed by atoms with Crippen molar-refractivity contribution in [1.82, 2.24) is 19.6 Å². The average Bonchev–Trinajstić information content (AvgIpc) is 2.83. The standard InChI is InChI=1S/C14H22N4O3/c1-14(12(19)20)5-4-6-18(10-14)13(21)16(2)8-11-7-15-17(3)9-11/h7,9H,4-6,8,10H2,1-3H3,(H,19,20). The molecule has 1 fully saturated rings. The van der Waals surface area contributed by atoms with Gasteiger partial charge in [0.15, 0.2) is 0 Å². The molecule has 0 saturated carbocycles. The lowest BCUT2D eigenvalue weighted by Gasteiger charge is -2.39. The van der Waals surface area contributed by atoms with Gasteiger partial charge in [0.25, 0.3) is 0 Å². The quantitative estimate of drug-likeness (QED) is 0.907. The van der Waals surface area contributed by atoms with Gasteiger partial charge in [-0.1, -0.05) is 0 Å². The molecule has 2 amide bonds. The molecule has 1 aliphatic heterocycles. The lowest BCUT2D eigenvalue weighted by atomic mass is 9.82. The van der Waals surface area contributed by atoms with E-state index in [9.17, 15) is 14.7 Å². The van der Waals surface area contributed by atoms with Gasteiger partial charge in [-0.3, -0.25) is 9.48 Å². The number of aromatic nitrogens is 2. The Morgan fingerprint density at radius 3 is 2.81 bits per heavy atom. The Balaban J connectivity index is 2.00. The van der Waals surface area contributed by atoms with Crippen molar-refractivity contribution in [3.05, 3.63) is 18.0 Å². The average molecular weight is 294 g/mol. The molecular weight excluding hydrogens is 272 g/mol. The second-order valence-corrected chi connectivity index (χ2v) is 6.05. The predicted molar refractivity (Wildman–Crippen MR) is 76.6 cm³/mol. The Hall–Kier alpha value is -2.05. The number of rotatable bonds is 3. The number of aliphatic carboxylic acids is 1. The minimum Gasteiger partial charge on any atom is -0.481 e. The SMILES string of the molecule is CN(Cc1cnn(C)c1)C(=O)N1CCCC(C)(C(=O)O)C1. The third-order valence-electron chi connectivity index (χ3n) is 3.99. The number of aryl methyl sites for hydroxylation is 1. The zero-order valence-corrected chi connectivity index (χ0v) is 12.7. The summed E-state index contributed by atoms with van der Waals surface area (Å²) in [4.78, 5) is 27.0.